The quantitative estimate of drug-likeness (QED) is 0.586. The zero-order chi connectivity index (χ0) is 19.4. The van der Waals surface area contributed by atoms with E-state index in [2.05, 4.69) is 5.32 Å². The highest BCUT2D eigenvalue weighted by Gasteiger charge is 2.35. The Labute approximate surface area is 158 Å². The van der Waals surface area contributed by atoms with Crippen LogP contribution in [-0.2, 0) is 9.53 Å². The minimum absolute atomic E-state index is 0.154. The Bertz CT molecular complexity index is 768. The van der Waals surface area contributed by atoms with Crippen molar-refractivity contribution in [1.29, 1.82) is 0 Å². The van der Waals surface area contributed by atoms with Crippen LogP contribution in [0.25, 0.3) is 0 Å². The van der Waals surface area contributed by atoms with Crippen molar-refractivity contribution in [3.05, 3.63) is 34.9 Å². The summed E-state index contributed by atoms with van der Waals surface area (Å²) in [5.74, 6) is -1.74. The molecule has 144 valence electrons. The van der Waals surface area contributed by atoms with Gasteiger partial charge >= 0.3 is 5.97 Å². The first kappa shape index (κ1) is 19.1. The number of esters is 1. The Morgan fingerprint density at radius 2 is 1.85 bits per heavy atom. The number of amides is 3. The molecule has 0 bridgehead atoms. The predicted octanol–water partition coefficient (Wildman–Crippen LogP) is 2.30. The number of carbonyl (C=O) groups excluding carboxylic acids is 4. The number of unbranched alkanes of at least 4 members (excludes halogenated alkanes) is 1. The molecular formula is C20H24N2O5. The number of hydrogen-bond acceptors (Lipinski definition) is 5. The van der Waals surface area contributed by atoms with Crippen molar-refractivity contribution in [2.24, 2.45) is 0 Å². The van der Waals surface area contributed by atoms with Gasteiger partial charge in [-0.1, -0.05) is 26.2 Å². The Morgan fingerprint density at radius 3 is 2.56 bits per heavy atom. The molecule has 0 radical (unpaired) electrons. The maximum Gasteiger partial charge on any atom is 0.338 e. The molecule has 0 aromatic heterocycles. The normalized spacial score (nSPS) is 16.6. The summed E-state index contributed by atoms with van der Waals surface area (Å²) in [6.07, 6.45) is 5.71. The lowest BCUT2D eigenvalue weighted by Crippen LogP contribution is -2.35. The number of fused-ring (bicyclic) bond motifs is 1. The summed E-state index contributed by atoms with van der Waals surface area (Å²) in [5.41, 5.74) is 0.661. The predicted molar refractivity (Wildman–Crippen MR) is 97.4 cm³/mol. The molecule has 1 saturated carbocycles. The number of ether oxygens (including phenoxy) is 1. The maximum absolute atomic E-state index is 12.4. The number of nitrogens with zero attached hydrogens (tertiary/aromatic N) is 1. The Kier molecular flexibility index (Phi) is 5.88. The first-order valence-electron chi connectivity index (χ1n) is 9.48. The second kappa shape index (κ2) is 8.33. The van der Waals surface area contributed by atoms with Crippen molar-refractivity contribution in [2.75, 3.05) is 13.2 Å². The van der Waals surface area contributed by atoms with Gasteiger partial charge < -0.3 is 10.1 Å². The standard InChI is InChI=1S/C20H24N2O5/c1-2-3-10-22-18(24)15-9-8-13(11-16(15)19(22)25)20(26)27-12-17(23)21-14-6-4-5-7-14/h8-9,11,14H,2-7,10,12H2,1H3,(H,21,23). The smallest absolute Gasteiger partial charge is 0.338 e. The lowest BCUT2D eigenvalue weighted by molar-refractivity contribution is -0.124. The first-order chi connectivity index (χ1) is 13.0. The van der Waals surface area contributed by atoms with Gasteiger partial charge in [0, 0.05) is 12.6 Å². The van der Waals surface area contributed by atoms with Gasteiger partial charge in [-0.2, -0.15) is 0 Å². The third-order valence-electron chi connectivity index (χ3n) is 5.00. The van der Waals surface area contributed by atoms with E-state index in [9.17, 15) is 19.2 Å². The first-order valence-corrected chi connectivity index (χ1v) is 9.48. The molecule has 0 atom stereocenters. The molecular weight excluding hydrogens is 348 g/mol. The molecule has 27 heavy (non-hydrogen) atoms. The molecule has 1 heterocycles. The van der Waals surface area contributed by atoms with Gasteiger partial charge in [-0.15, -0.1) is 0 Å². The van der Waals surface area contributed by atoms with E-state index < -0.39 is 11.9 Å². The lowest BCUT2D eigenvalue weighted by atomic mass is 10.1. The number of carbonyl (C=O) groups is 4. The molecule has 2 aliphatic rings. The van der Waals surface area contributed by atoms with E-state index >= 15 is 0 Å². The summed E-state index contributed by atoms with van der Waals surface area (Å²) >= 11 is 0. The lowest BCUT2D eigenvalue weighted by Gasteiger charge is -2.12. The zero-order valence-electron chi connectivity index (χ0n) is 15.5. The van der Waals surface area contributed by atoms with Gasteiger partial charge in [-0.05, 0) is 37.5 Å². The van der Waals surface area contributed by atoms with E-state index in [4.69, 9.17) is 4.74 Å². The summed E-state index contributed by atoms with van der Waals surface area (Å²) in [6, 6.07) is 4.45. The van der Waals surface area contributed by atoms with Crippen LogP contribution in [0, 0.1) is 0 Å². The third-order valence-corrected chi connectivity index (χ3v) is 5.00. The number of imide groups is 1. The molecule has 1 fully saturated rings. The molecule has 1 N–H and O–H groups in total. The minimum atomic E-state index is -0.688. The molecule has 1 aromatic carbocycles. The highest BCUT2D eigenvalue weighted by Crippen LogP contribution is 2.24. The van der Waals surface area contributed by atoms with Crippen LogP contribution >= 0.6 is 0 Å². The zero-order valence-corrected chi connectivity index (χ0v) is 15.5. The van der Waals surface area contributed by atoms with Crippen molar-refractivity contribution in [3.63, 3.8) is 0 Å². The second-order valence-corrected chi connectivity index (χ2v) is 7.00. The summed E-state index contributed by atoms with van der Waals surface area (Å²) in [4.78, 5) is 50.0. The fourth-order valence-electron chi connectivity index (χ4n) is 3.49. The van der Waals surface area contributed by atoms with E-state index in [1.165, 1.54) is 23.1 Å². The van der Waals surface area contributed by atoms with Crippen LogP contribution in [0.3, 0.4) is 0 Å². The molecule has 3 amide bonds. The fourth-order valence-corrected chi connectivity index (χ4v) is 3.49. The van der Waals surface area contributed by atoms with Crippen molar-refractivity contribution in [3.8, 4) is 0 Å². The van der Waals surface area contributed by atoms with E-state index in [-0.39, 0.29) is 35.6 Å². The van der Waals surface area contributed by atoms with Crippen LogP contribution in [-0.4, -0.2) is 47.8 Å². The van der Waals surface area contributed by atoms with Gasteiger partial charge in [0.15, 0.2) is 6.61 Å². The number of nitrogens with one attached hydrogen (secondary N) is 1. The molecule has 7 nitrogen and oxygen atoms in total. The van der Waals surface area contributed by atoms with Crippen molar-refractivity contribution in [2.45, 2.75) is 51.5 Å². The Morgan fingerprint density at radius 1 is 1.15 bits per heavy atom. The summed E-state index contributed by atoms with van der Waals surface area (Å²) in [5, 5.41) is 2.84. The van der Waals surface area contributed by atoms with E-state index in [1.807, 2.05) is 6.92 Å². The number of benzene rings is 1. The molecule has 1 aliphatic heterocycles. The molecule has 0 saturated heterocycles. The molecule has 7 heteroatoms. The highest BCUT2D eigenvalue weighted by atomic mass is 16.5. The van der Waals surface area contributed by atoms with Gasteiger partial charge in [-0.25, -0.2) is 4.79 Å². The maximum atomic E-state index is 12.4. The average Bonchev–Trinajstić information content (AvgIpc) is 3.25. The monoisotopic (exact) mass is 372 g/mol. The Hall–Kier alpha value is -2.70. The van der Waals surface area contributed by atoms with Crippen molar-refractivity contribution >= 4 is 23.7 Å². The summed E-state index contributed by atoms with van der Waals surface area (Å²) in [6.45, 7) is 1.99. The Balaban J connectivity index is 1.61. The summed E-state index contributed by atoms with van der Waals surface area (Å²) < 4.78 is 5.05. The summed E-state index contributed by atoms with van der Waals surface area (Å²) in [7, 11) is 0. The van der Waals surface area contributed by atoms with Crippen LogP contribution in [0.2, 0.25) is 0 Å². The van der Waals surface area contributed by atoms with Gasteiger partial charge in [0.2, 0.25) is 0 Å². The number of rotatable bonds is 7. The molecule has 0 spiro atoms. The van der Waals surface area contributed by atoms with Gasteiger partial charge in [0.05, 0.1) is 16.7 Å². The van der Waals surface area contributed by atoms with E-state index in [0.717, 1.165) is 38.5 Å². The third kappa shape index (κ3) is 4.18. The largest absolute Gasteiger partial charge is 0.452 e. The van der Waals surface area contributed by atoms with Crippen molar-refractivity contribution < 1.29 is 23.9 Å². The minimum Gasteiger partial charge on any atom is -0.452 e. The second-order valence-electron chi connectivity index (χ2n) is 7.00. The van der Waals surface area contributed by atoms with Crippen LogP contribution in [0.4, 0.5) is 0 Å². The molecule has 1 aromatic rings. The van der Waals surface area contributed by atoms with Gasteiger partial charge in [0.25, 0.3) is 17.7 Å². The topological polar surface area (TPSA) is 92.8 Å². The van der Waals surface area contributed by atoms with Crippen molar-refractivity contribution in [1.82, 2.24) is 10.2 Å². The van der Waals surface area contributed by atoms with Gasteiger partial charge in [-0.3, -0.25) is 19.3 Å². The molecule has 1 aliphatic carbocycles. The van der Waals surface area contributed by atoms with E-state index in [1.54, 1.807) is 0 Å². The molecule has 3 rings (SSSR count). The molecule has 0 unspecified atom stereocenters. The fraction of sp³-hybridized carbons (Fsp3) is 0.500. The van der Waals surface area contributed by atoms with E-state index in [0.29, 0.717) is 12.1 Å². The SMILES string of the molecule is CCCCN1C(=O)c2ccc(C(=O)OCC(=O)NC3CCCC3)cc2C1=O. The highest BCUT2D eigenvalue weighted by molar-refractivity contribution is 6.21. The van der Waals surface area contributed by atoms with Crippen LogP contribution in [0.15, 0.2) is 18.2 Å². The van der Waals surface area contributed by atoms with Crippen LogP contribution in [0.5, 0.6) is 0 Å². The van der Waals surface area contributed by atoms with Crippen LogP contribution in [0.1, 0.15) is 76.5 Å². The van der Waals surface area contributed by atoms with Gasteiger partial charge in [0.1, 0.15) is 0 Å². The van der Waals surface area contributed by atoms with Crippen LogP contribution < -0.4 is 5.32 Å². The number of hydrogen-bond donors (Lipinski definition) is 1. The average molecular weight is 372 g/mol.